The number of hydrogen-bond donors (Lipinski definition) is 1. The first-order chi connectivity index (χ1) is 12.5. The van der Waals surface area contributed by atoms with Gasteiger partial charge in [-0.05, 0) is 45.2 Å². The summed E-state index contributed by atoms with van der Waals surface area (Å²) < 4.78 is 0. The molecule has 2 saturated heterocycles. The van der Waals surface area contributed by atoms with E-state index in [-0.39, 0.29) is 16.5 Å². The summed E-state index contributed by atoms with van der Waals surface area (Å²) in [5.41, 5.74) is 1.13. The van der Waals surface area contributed by atoms with Crippen LogP contribution in [0.5, 0.6) is 0 Å². The molecule has 7 heteroatoms. The fourth-order valence-electron chi connectivity index (χ4n) is 4.26. The van der Waals surface area contributed by atoms with Crippen molar-refractivity contribution in [2.45, 2.75) is 45.2 Å². The van der Waals surface area contributed by atoms with Gasteiger partial charge in [0.2, 0.25) is 0 Å². The van der Waals surface area contributed by atoms with Crippen LogP contribution in [-0.2, 0) is 4.79 Å². The Morgan fingerprint density at radius 3 is 2.27 bits per heavy atom. The molecule has 0 saturated carbocycles. The van der Waals surface area contributed by atoms with E-state index in [1.807, 2.05) is 12.1 Å². The highest BCUT2D eigenvalue weighted by Gasteiger charge is 2.32. The van der Waals surface area contributed by atoms with Gasteiger partial charge in [0.1, 0.15) is 0 Å². The van der Waals surface area contributed by atoms with Crippen molar-refractivity contribution < 1.29 is 14.6 Å². The molecule has 2 fully saturated rings. The zero-order chi connectivity index (χ0) is 18.7. The normalized spacial score (nSPS) is 24.5. The topological polar surface area (TPSA) is 71.1 Å². The van der Waals surface area contributed by atoms with Gasteiger partial charge >= 0.3 is 0 Å². The Bertz CT molecular complexity index is 631. The van der Waals surface area contributed by atoms with Gasteiger partial charge in [0.25, 0.3) is 11.6 Å². The SMILES string of the molecule is C[C@@H]1CCC[C@@H](C)N1C(=O)C[NH+]1CCN(c2ccc([N+](=O)[O-])cc2)CC1. The second-order valence-electron chi connectivity index (χ2n) is 7.62. The minimum absolute atomic E-state index is 0.119. The summed E-state index contributed by atoms with van der Waals surface area (Å²) >= 11 is 0. The van der Waals surface area contributed by atoms with Crippen molar-refractivity contribution >= 4 is 17.3 Å². The lowest BCUT2D eigenvalue weighted by Crippen LogP contribution is -3.16. The summed E-state index contributed by atoms with van der Waals surface area (Å²) in [6.07, 6.45) is 3.44. The number of carbonyl (C=O) groups excluding carboxylic acids is 1. The number of nitro groups is 1. The maximum atomic E-state index is 12.8. The lowest BCUT2D eigenvalue weighted by atomic mass is 9.97. The quantitative estimate of drug-likeness (QED) is 0.644. The molecule has 1 aromatic carbocycles. The van der Waals surface area contributed by atoms with Crippen LogP contribution in [-0.4, -0.2) is 60.5 Å². The third-order valence-corrected chi connectivity index (χ3v) is 5.78. The van der Waals surface area contributed by atoms with Crippen LogP contribution in [0.4, 0.5) is 11.4 Å². The summed E-state index contributed by atoms with van der Waals surface area (Å²) in [4.78, 5) is 28.8. The van der Waals surface area contributed by atoms with Crippen LogP contribution in [0.1, 0.15) is 33.1 Å². The van der Waals surface area contributed by atoms with Gasteiger partial charge in [0, 0.05) is 29.9 Å². The van der Waals surface area contributed by atoms with Crippen molar-refractivity contribution in [2.75, 3.05) is 37.6 Å². The average molecular weight is 361 g/mol. The van der Waals surface area contributed by atoms with E-state index in [1.54, 1.807) is 12.1 Å². The predicted octanol–water partition coefficient (Wildman–Crippen LogP) is 1.09. The molecule has 2 aliphatic rings. The van der Waals surface area contributed by atoms with E-state index in [2.05, 4.69) is 23.6 Å². The second-order valence-corrected chi connectivity index (χ2v) is 7.62. The van der Waals surface area contributed by atoms with E-state index in [0.717, 1.165) is 44.7 Å². The molecule has 2 atom stereocenters. The zero-order valence-electron chi connectivity index (χ0n) is 15.7. The number of piperazine rings is 1. The largest absolute Gasteiger partial charge is 0.360 e. The average Bonchev–Trinajstić information content (AvgIpc) is 2.62. The van der Waals surface area contributed by atoms with Gasteiger partial charge < -0.3 is 14.7 Å². The van der Waals surface area contributed by atoms with Crippen LogP contribution in [0.2, 0.25) is 0 Å². The van der Waals surface area contributed by atoms with Gasteiger partial charge in [-0.25, -0.2) is 0 Å². The number of nitrogens with zero attached hydrogens (tertiary/aromatic N) is 3. The Labute approximate surface area is 154 Å². The van der Waals surface area contributed by atoms with Crippen molar-refractivity contribution in [1.82, 2.24) is 4.90 Å². The van der Waals surface area contributed by atoms with Crippen LogP contribution in [0.3, 0.4) is 0 Å². The van der Waals surface area contributed by atoms with E-state index in [4.69, 9.17) is 0 Å². The van der Waals surface area contributed by atoms with Crippen LogP contribution in [0, 0.1) is 10.1 Å². The molecular formula is C19H29N4O3+. The van der Waals surface area contributed by atoms with E-state index < -0.39 is 0 Å². The number of benzene rings is 1. The Kier molecular flexibility index (Phi) is 5.76. The monoisotopic (exact) mass is 361 g/mol. The fraction of sp³-hybridized carbons (Fsp3) is 0.632. The summed E-state index contributed by atoms with van der Waals surface area (Å²) in [5, 5.41) is 10.8. The Morgan fingerprint density at radius 2 is 1.73 bits per heavy atom. The summed E-state index contributed by atoms with van der Waals surface area (Å²) in [5.74, 6) is 0.281. The van der Waals surface area contributed by atoms with Crippen molar-refractivity contribution in [2.24, 2.45) is 0 Å². The molecule has 0 spiro atoms. The first kappa shape index (κ1) is 18.6. The Hall–Kier alpha value is -2.15. The molecule has 7 nitrogen and oxygen atoms in total. The molecular weight excluding hydrogens is 332 g/mol. The minimum Gasteiger partial charge on any atom is -0.360 e. The number of nitro benzene ring substituents is 1. The lowest BCUT2D eigenvalue weighted by Gasteiger charge is -2.40. The van der Waals surface area contributed by atoms with Crippen molar-refractivity contribution in [3.05, 3.63) is 34.4 Å². The summed E-state index contributed by atoms with van der Waals surface area (Å²) in [6, 6.07) is 7.43. The maximum absolute atomic E-state index is 12.8. The molecule has 0 aromatic heterocycles. The van der Waals surface area contributed by atoms with Crippen LogP contribution in [0.15, 0.2) is 24.3 Å². The van der Waals surface area contributed by atoms with E-state index in [0.29, 0.717) is 18.6 Å². The highest BCUT2D eigenvalue weighted by Crippen LogP contribution is 2.22. The molecule has 2 heterocycles. The first-order valence-electron chi connectivity index (χ1n) is 9.60. The van der Waals surface area contributed by atoms with E-state index >= 15 is 0 Å². The Balaban J connectivity index is 1.52. The van der Waals surface area contributed by atoms with E-state index in [1.165, 1.54) is 11.3 Å². The number of nitrogens with one attached hydrogen (secondary N) is 1. The highest BCUT2D eigenvalue weighted by atomic mass is 16.6. The number of amides is 1. The number of non-ortho nitro benzene ring substituents is 1. The molecule has 142 valence electrons. The maximum Gasteiger partial charge on any atom is 0.278 e. The van der Waals surface area contributed by atoms with Gasteiger partial charge in [-0.15, -0.1) is 0 Å². The molecule has 1 N–H and O–H groups in total. The Morgan fingerprint density at radius 1 is 1.15 bits per heavy atom. The smallest absolute Gasteiger partial charge is 0.278 e. The molecule has 0 bridgehead atoms. The summed E-state index contributed by atoms with van der Waals surface area (Å²) in [7, 11) is 0. The third kappa shape index (κ3) is 4.15. The third-order valence-electron chi connectivity index (χ3n) is 5.78. The van der Waals surface area contributed by atoms with Crippen molar-refractivity contribution in [1.29, 1.82) is 0 Å². The number of piperidine rings is 1. The molecule has 0 unspecified atom stereocenters. The van der Waals surface area contributed by atoms with Crippen LogP contribution in [0.25, 0.3) is 0 Å². The summed E-state index contributed by atoms with van der Waals surface area (Å²) in [6.45, 7) is 8.46. The number of anilines is 1. The predicted molar refractivity (Wildman–Crippen MR) is 100 cm³/mol. The fourth-order valence-corrected chi connectivity index (χ4v) is 4.26. The number of hydrogen-bond acceptors (Lipinski definition) is 4. The van der Waals surface area contributed by atoms with Gasteiger partial charge in [0.15, 0.2) is 6.54 Å². The highest BCUT2D eigenvalue weighted by molar-refractivity contribution is 5.77. The molecule has 1 aromatic rings. The molecule has 1 amide bonds. The number of carbonyl (C=O) groups is 1. The van der Waals surface area contributed by atoms with Crippen LogP contribution < -0.4 is 9.80 Å². The zero-order valence-corrected chi connectivity index (χ0v) is 15.7. The number of likely N-dealkylation sites (tertiary alicyclic amines) is 1. The van der Waals surface area contributed by atoms with Gasteiger partial charge in [0.05, 0.1) is 31.1 Å². The molecule has 2 aliphatic heterocycles. The van der Waals surface area contributed by atoms with Crippen molar-refractivity contribution in [3.8, 4) is 0 Å². The van der Waals surface area contributed by atoms with Gasteiger partial charge in [-0.1, -0.05) is 0 Å². The lowest BCUT2D eigenvalue weighted by molar-refractivity contribution is -0.892. The first-order valence-corrected chi connectivity index (χ1v) is 9.60. The second kappa shape index (κ2) is 8.03. The van der Waals surface area contributed by atoms with E-state index in [9.17, 15) is 14.9 Å². The van der Waals surface area contributed by atoms with Gasteiger partial charge in [-0.2, -0.15) is 0 Å². The van der Waals surface area contributed by atoms with Crippen LogP contribution >= 0.6 is 0 Å². The molecule has 3 rings (SSSR count). The molecule has 26 heavy (non-hydrogen) atoms. The number of rotatable bonds is 4. The molecule has 0 radical (unpaired) electrons. The number of quaternary nitrogens is 1. The van der Waals surface area contributed by atoms with Crippen molar-refractivity contribution in [3.63, 3.8) is 0 Å². The molecule has 0 aliphatic carbocycles. The van der Waals surface area contributed by atoms with Gasteiger partial charge in [-0.3, -0.25) is 14.9 Å². The minimum atomic E-state index is -0.375. The standard InChI is InChI=1S/C19H28N4O3/c1-15-4-3-5-16(2)22(15)19(24)14-20-10-12-21(13-11-20)17-6-8-18(9-7-17)23(25)26/h6-9,15-16H,3-5,10-14H2,1-2H3/p+1/t15-,16-/m1/s1.